The lowest BCUT2D eigenvalue weighted by Crippen LogP contribution is -2.50. The summed E-state index contributed by atoms with van der Waals surface area (Å²) >= 11 is 1.26. The number of likely N-dealkylation sites (N-methyl/N-ethyl adjacent to an activating group) is 1. The van der Waals surface area contributed by atoms with E-state index in [2.05, 4.69) is 20.8 Å². The molecule has 0 spiro atoms. The van der Waals surface area contributed by atoms with Crippen LogP contribution in [-0.4, -0.2) is 81.8 Å². The number of para-hydroxylation sites is 2. The maximum Gasteiger partial charge on any atom is 0.321 e. The van der Waals surface area contributed by atoms with Gasteiger partial charge in [-0.1, -0.05) is 30.3 Å². The first kappa shape index (κ1) is 30.0. The maximum atomic E-state index is 13.8. The number of ether oxygens (including phenoxy) is 1. The van der Waals surface area contributed by atoms with E-state index in [1.165, 1.54) is 16.2 Å². The van der Waals surface area contributed by atoms with Gasteiger partial charge >= 0.3 is 6.03 Å². The first-order chi connectivity index (χ1) is 20.6. The molecule has 0 fully saturated rings. The fourth-order valence-corrected chi connectivity index (χ4v) is 5.78. The van der Waals surface area contributed by atoms with Crippen LogP contribution in [-0.2, 0) is 0 Å². The van der Waals surface area contributed by atoms with E-state index in [0.29, 0.717) is 28.3 Å². The number of amides is 4. The number of aromatic nitrogens is 2. The highest BCUT2D eigenvalue weighted by atomic mass is 32.1. The minimum atomic E-state index is -0.582. The summed E-state index contributed by atoms with van der Waals surface area (Å²) in [5, 5.41) is 19.8. The number of aliphatic hydroxyl groups excluding tert-OH is 1. The molecule has 1 aliphatic heterocycles. The van der Waals surface area contributed by atoms with Gasteiger partial charge < -0.3 is 34.8 Å². The number of urea groups is 1. The van der Waals surface area contributed by atoms with Crippen LogP contribution in [0.25, 0.3) is 10.2 Å². The number of aliphatic hydroxyl groups is 1. The molecule has 226 valence electrons. The van der Waals surface area contributed by atoms with Crippen molar-refractivity contribution in [2.45, 2.75) is 39.8 Å². The van der Waals surface area contributed by atoms with Crippen molar-refractivity contribution in [1.82, 2.24) is 19.9 Å². The Labute approximate surface area is 252 Å². The topological polar surface area (TPSA) is 150 Å². The van der Waals surface area contributed by atoms with Gasteiger partial charge in [0.25, 0.3) is 11.8 Å². The van der Waals surface area contributed by atoms with Gasteiger partial charge in [-0.25, -0.2) is 9.78 Å². The minimum Gasteiger partial charge on any atom is -0.485 e. The second-order valence-corrected chi connectivity index (χ2v) is 11.8. The van der Waals surface area contributed by atoms with Crippen molar-refractivity contribution in [3.8, 4) is 5.75 Å². The highest BCUT2D eigenvalue weighted by Gasteiger charge is 2.35. The summed E-state index contributed by atoms with van der Waals surface area (Å²) in [6, 6.07) is 11.6. The monoisotopic (exact) mass is 606 g/mol. The Balaban J connectivity index is 1.46. The van der Waals surface area contributed by atoms with E-state index in [0.717, 1.165) is 4.70 Å². The SMILES string of the molecule is Cc1noc(C)c1NC(=O)N(C)C[C@H]1Oc2c(NC(=O)c3nc4ccccc4s3)cccc2C(=O)N([C@H](C)CO)C[C@H]1C. The molecule has 5 rings (SSSR count). The quantitative estimate of drug-likeness (QED) is 0.278. The summed E-state index contributed by atoms with van der Waals surface area (Å²) < 4.78 is 12.6. The molecule has 2 aromatic carbocycles. The van der Waals surface area contributed by atoms with E-state index >= 15 is 0 Å². The van der Waals surface area contributed by atoms with E-state index in [9.17, 15) is 19.5 Å². The average Bonchev–Trinajstić information content (AvgIpc) is 3.57. The summed E-state index contributed by atoms with van der Waals surface area (Å²) in [5.74, 6) is -0.345. The lowest BCUT2D eigenvalue weighted by Gasteiger charge is -2.38. The zero-order chi connectivity index (χ0) is 30.8. The third kappa shape index (κ3) is 6.18. The molecule has 0 aliphatic carbocycles. The number of anilines is 2. The fraction of sp³-hybridized carbons (Fsp3) is 0.367. The number of nitrogens with zero attached hydrogens (tertiary/aromatic N) is 4. The molecular formula is C30H34N6O6S. The number of fused-ring (bicyclic) bond motifs is 2. The lowest BCUT2D eigenvalue weighted by molar-refractivity contribution is 0.0372. The zero-order valence-corrected chi connectivity index (χ0v) is 25.4. The van der Waals surface area contributed by atoms with Crippen LogP contribution in [0.15, 0.2) is 47.0 Å². The van der Waals surface area contributed by atoms with Crippen LogP contribution in [0, 0.1) is 19.8 Å². The Morgan fingerprint density at radius 3 is 2.65 bits per heavy atom. The molecule has 3 atom stereocenters. The molecule has 4 aromatic rings. The normalized spacial score (nSPS) is 17.4. The van der Waals surface area contributed by atoms with Gasteiger partial charge in [0, 0.05) is 19.5 Å². The third-order valence-corrected chi connectivity index (χ3v) is 8.53. The van der Waals surface area contributed by atoms with Crippen LogP contribution in [0.3, 0.4) is 0 Å². The molecule has 0 saturated carbocycles. The second kappa shape index (κ2) is 12.4. The molecule has 0 radical (unpaired) electrons. The molecular weight excluding hydrogens is 572 g/mol. The fourth-order valence-electron chi connectivity index (χ4n) is 4.92. The minimum absolute atomic E-state index is 0.158. The second-order valence-electron chi connectivity index (χ2n) is 10.8. The summed E-state index contributed by atoms with van der Waals surface area (Å²) in [7, 11) is 1.64. The van der Waals surface area contributed by atoms with E-state index in [1.54, 1.807) is 50.9 Å². The number of nitrogens with one attached hydrogen (secondary N) is 2. The Bertz CT molecular complexity index is 1620. The van der Waals surface area contributed by atoms with Gasteiger partial charge in [-0.15, -0.1) is 11.3 Å². The van der Waals surface area contributed by atoms with Crippen LogP contribution in [0.1, 0.15) is 45.5 Å². The van der Waals surface area contributed by atoms with Crippen LogP contribution >= 0.6 is 11.3 Å². The van der Waals surface area contributed by atoms with Gasteiger partial charge in [-0.3, -0.25) is 9.59 Å². The van der Waals surface area contributed by atoms with E-state index in [1.807, 2.05) is 31.2 Å². The first-order valence-electron chi connectivity index (χ1n) is 13.9. The van der Waals surface area contributed by atoms with Crippen molar-refractivity contribution in [2.24, 2.45) is 5.92 Å². The van der Waals surface area contributed by atoms with Gasteiger partial charge in [0.15, 0.2) is 16.5 Å². The Hall–Kier alpha value is -4.49. The molecule has 3 heterocycles. The largest absolute Gasteiger partial charge is 0.485 e. The zero-order valence-electron chi connectivity index (χ0n) is 24.6. The van der Waals surface area contributed by atoms with Gasteiger partial charge in [0.1, 0.15) is 17.5 Å². The summed E-state index contributed by atoms with van der Waals surface area (Å²) in [5.41, 5.74) is 2.32. The molecule has 0 unspecified atom stereocenters. The Morgan fingerprint density at radius 2 is 1.95 bits per heavy atom. The molecule has 3 N–H and O–H groups in total. The van der Waals surface area contributed by atoms with Gasteiger partial charge in [0.2, 0.25) is 0 Å². The average molecular weight is 607 g/mol. The van der Waals surface area contributed by atoms with Crippen LogP contribution < -0.4 is 15.4 Å². The van der Waals surface area contributed by atoms with Crippen molar-refractivity contribution in [2.75, 3.05) is 37.4 Å². The third-order valence-electron chi connectivity index (χ3n) is 7.49. The van der Waals surface area contributed by atoms with Gasteiger partial charge in [0.05, 0.1) is 40.7 Å². The molecule has 13 heteroatoms. The van der Waals surface area contributed by atoms with Crippen molar-refractivity contribution >= 4 is 50.8 Å². The van der Waals surface area contributed by atoms with E-state index < -0.39 is 18.1 Å². The lowest BCUT2D eigenvalue weighted by atomic mass is 9.99. The number of benzene rings is 2. The highest BCUT2D eigenvalue weighted by molar-refractivity contribution is 7.20. The summed E-state index contributed by atoms with van der Waals surface area (Å²) in [4.78, 5) is 47.8. The van der Waals surface area contributed by atoms with Crippen molar-refractivity contribution in [3.05, 3.63) is 64.5 Å². The van der Waals surface area contributed by atoms with Crippen molar-refractivity contribution in [3.63, 3.8) is 0 Å². The van der Waals surface area contributed by atoms with Crippen LogP contribution in [0.5, 0.6) is 5.75 Å². The molecule has 1 aliphatic rings. The number of hydrogen-bond donors (Lipinski definition) is 3. The first-order valence-corrected chi connectivity index (χ1v) is 14.7. The van der Waals surface area contributed by atoms with Crippen molar-refractivity contribution in [1.29, 1.82) is 0 Å². The maximum absolute atomic E-state index is 13.8. The molecule has 2 aromatic heterocycles. The van der Waals surface area contributed by atoms with Crippen LogP contribution in [0.4, 0.5) is 16.2 Å². The number of carbonyl (C=O) groups is 3. The Kier molecular flexibility index (Phi) is 8.64. The van der Waals surface area contributed by atoms with E-state index in [4.69, 9.17) is 9.26 Å². The smallest absolute Gasteiger partial charge is 0.321 e. The number of thiazole rings is 1. The van der Waals surface area contributed by atoms with Crippen molar-refractivity contribution < 1.29 is 28.8 Å². The summed E-state index contributed by atoms with van der Waals surface area (Å²) in [6.45, 7) is 7.35. The summed E-state index contributed by atoms with van der Waals surface area (Å²) in [6.07, 6.45) is -0.582. The van der Waals surface area contributed by atoms with Gasteiger partial charge in [-0.05, 0) is 45.0 Å². The molecule has 12 nitrogen and oxygen atoms in total. The molecule has 0 bridgehead atoms. The Morgan fingerprint density at radius 1 is 1.19 bits per heavy atom. The number of rotatable bonds is 7. The molecule has 0 saturated heterocycles. The molecule has 43 heavy (non-hydrogen) atoms. The molecule has 4 amide bonds. The predicted molar refractivity (Wildman–Crippen MR) is 163 cm³/mol. The number of carbonyl (C=O) groups excluding carboxylic acids is 3. The number of aryl methyl sites for hydroxylation is 2. The van der Waals surface area contributed by atoms with Gasteiger partial charge in [-0.2, -0.15) is 0 Å². The standard InChI is InChI=1S/C30H34N6O6S/c1-16-13-36(17(2)15-37)29(39)20-9-8-11-22(31-27(38)28-32-21-10-6-7-12-24(21)43-28)26(20)41-23(16)14-35(5)30(40)33-25-18(3)34-42-19(25)4/h6-12,16-17,23,37H,13-15H2,1-5H3,(H,31,38)(H,33,40)/t16-,17-,23-/m1/s1. The van der Waals surface area contributed by atoms with Crippen LogP contribution in [0.2, 0.25) is 0 Å². The highest BCUT2D eigenvalue weighted by Crippen LogP contribution is 2.35. The predicted octanol–water partition coefficient (Wildman–Crippen LogP) is 4.54. The number of hydrogen-bond acceptors (Lipinski definition) is 9. The van der Waals surface area contributed by atoms with E-state index in [-0.39, 0.29) is 53.9 Å².